The number of phenolic OH excluding ortho intramolecular Hbond substituents is 1. The minimum Gasteiger partial charge on any atom is -0.508 e. The van der Waals surface area contributed by atoms with E-state index in [1.807, 2.05) is 28.8 Å². The van der Waals surface area contributed by atoms with E-state index in [0.717, 1.165) is 55.4 Å². The molecule has 1 unspecified atom stereocenters. The molecule has 0 aliphatic heterocycles. The van der Waals surface area contributed by atoms with Gasteiger partial charge in [-0.05, 0) is 67.5 Å². The van der Waals surface area contributed by atoms with E-state index < -0.39 is 0 Å². The van der Waals surface area contributed by atoms with Gasteiger partial charge in [-0.1, -0.05) is 31.9 Å². The van der Waals surface area contributed by atoms with E-state index in [0.29, 0.717) is 23.0 Å². The molecule has 8 nitrogen and oxygen atoms in total. The molecule has 0 aliphatic carbocycles. The van der Waals surface area contributed by atoms with Crippen molar-refractivity contribution in [3.8, 4) is 11.4 Å². The first-order chi connectivity index (χ1) is 17.6. The maximum Gasteiger partial charge on any atom is 0.325 e. The molecular formula is C28H33N5O3. The van der Waals surface area contributed by atoms with Crippen molar-refractivity contribution < 1.29 is 14.6 Å². The standard InChI is InChI=1S/C28H33N5O3/c1-3-5-20(16-21-8-10-24(34)11-9-21)6-4-7-22-17-25-27(28(32-22)30-18-26(35)36-2)31-19-33(25)23-12-14-29-15-13-23/h8-15,17,19-20,34H,3-7,16,18H2,1-2H3,(H,30,32). The van der Waals surface area contributed by atoms with Crippen LogP contribution in [0.3, 0.4) is 0 Å². The highest BCUT2D eigenvalue weighted by Gasteiger charge is 2.15. The minimum atomic E-state index is -0.361. The lowest BCUT2D eigenvalue weighted by Crippen LogP contribution is -2.16. The third-order valence-electron chi connectivity index (χ3n) is 6.36. The Balaban J connectivity index is 1.53. The Morgan fingerprint density at radius 1 is 1.14 bits per heavy atom. The number of nitrogens with zero attached hydrogens (tertiary/aromatic N) is 4. The summed E-state index contributed by atoms with van der Waals surface area (Å²) in [5, 5.41) is 12.7. The monoisotopic (exact) mass is 487 g/mol. The summed E-state index contributed by atoms with van der Waals surface area (Å²) in [7, 11) is 1.37. The lowest BCUT2D eigenvalue weighted by molar-refractivity contribution is -0.138. The van der Waals surface area contributed by atoms with Crippen molar-refractivity contribution in [2.24, 2.45) is 5.92 Å². The number of nitrogens with one attached hydrogen (secondary N) is 1. The Hall–Kier alpha value is -3.94. The first kappa shape index (κ1) is 25.2. The van der Waals surface area contributed by atoms with Crippen LogP contribution >= 0.6 is 0 Å². The number of pyridine rings is 2. The minimum absolute atomic E-state index is 0.0232. The molecule has 0 saturated carbocycles. The zero-order chi connectivity index (χ0) is 25.3. The number of benzene rings is 1. The van der Waals surface area contributed by atoms with Crippen LogP contribution in [-0.2, 0) is 22.4 Å². The summed E-state index contributed by atoms with van der Waals surface area (Å²) in [5.41, 5.74) is 4.79. The van der Waals surface area contributed by atoms with E-state index in [4.69, 9.17) is 9.72 Å². The highest BCUT2D eigenvalue weighted by molar-refractivity contribution is 5.89. The number of hydrogen-bond donors (Lipinski definition) is 2. The van der Waals surface area contributed by atoms with Gasteiger partial charge in [-0.3, -0.25) is 14.3 Å². The van der Waals surface area contributed by atoms with Crippen molar-refractivity contribution in [2.75, 3.05) is 19.0 Å². The Kier molecular flexibility index (Phi) is 8.49. The second-order valence-electron chi connectivity index (χ2n) is 9.00. The van der Waals surface area contributed by atoms with Crippen LogP contribution in [0.4, 0.5) is 5.82 Å². The second kappa shape index (κ2) is 12.2. The molecule has 36 heavy (non-hydrogen) atoms. The highest BCUT2D eigenvalue weighted by atomic mass is 16.5. The zero-order valence-electron chi connectivity index (χ0n) is 20.9. The summed E-state index contributed by atoms with van der Waals surface area (Å²) in [6.45, 7) is 2.24. The molecular weight excluding hydrogens is 454 g/mol. The number of anilines is 1. The molecule has 4 aromatic rings. The Morgan fingerprint density at radius 3 is 2.64 bits per heavy atom. The maximum absolute atomic E-state index is 11.8. The zero-order valence-corrected chi connectivity index (χ0v) is 20.9. The summed E-state index contributed by atoms with van der Waals surface area (Å²) in [4.78, 5) is 25.3. The molecule has 2 N–H and O–H groups in total. The number of rotatable bonds is 12. The van der Waals surface area contributed by atoms with Gasteiger partial charge in [-0.15, -0.1) is 0 Å². The fourth-order valence-electron chi connectivity index (χ4n) is 4.55. The van der Waals surface area contributed by atoms with Crippen LogP contribution in [0.1, 0.15) is 43.9 Å². The smallest absolute Gasteiger partial charge is 0.325 e. The third kappa shape index (κ3) is 6.38. The fourth-order valence-corrected chi connectivity index (χ4v) is 4.55. The normalized spacial score (nSPS) is 11.9. The highest BCUT2D eigenvalue weighted by Crippen LogP contribution is 2.26. The van der Waals surface area contributed by atoms with Crippen molar-refractivity contribution in [3.63, 3.8) is 0 Å². The summed E-state index contributed by atoms with van der Waals surface area (Å²) < 4.78 is 6.79. The molecule has 0 radical (unpaired) electrons. The first-order valence-electron chi connectivity index (χ1n) is 12.4. The predicted molar refractivity (Wildman–Crippen MR) is 140 cm³/mol. The Morgan fingerprint density at radius 2 is 1.92 bits per heavy atom. The summed E-state index contributed by atoms with van der Waals surface area (Å²) in [6, 6.07) is 13.5. The molecule has 1 atom stereocenters. The number of hydrogen-bond acceptors (Lipinski definition) is 7. The van der Waals surface area contributed by atoms with Gasteiger partial charge >= 0.3 is 5.97 Å². The molecule has 1 aromatic carbocycles. The van der Waals surface area contributed by atoms with Gasteiger partial charge in [0.15, 0.2) is 5.82 Å². The molecule has 8 heteroatoms. The SMILES string of the molecule is CCCC(CCCc1cc2c(ncn2-c2ccncc2)c(NCC(=O)OC)n1)Cc1ccc(O)cc1. The lowest BCUT2D eigenvalue weighted by Gasteiger charge is -2.16. The van der Waals surface area contributed by atoms with E-state index in [-0.39, 0.29) is 12.5 Å². The molecule has 0 bridgehead atoms. The summed E-state index contributed by atoms with van der Waals surface area (Å²) in [5.74, 6) is 1.09. The Bertz CT molecular complexity index is 1270. The Labute approximate surface area is 211 Å². The third-order valence-corrected chi connectivity index (χ3v) is 6.36. The predicted octanol–water partition coefficient (Wildman–Crippen LogP) is 5.09. The van der Waals surface area contributed by atoms with Crippen LogP contribution in [0.2, 0.25) is 0 Å². The van der Waals surface area contributed by atoms with Crippen LogP contribution in [0.15, 0.2) is 61.2 Å². The molecule has 188 valence electrons. The molecule has 0 spiro atoms. The van der Waals surface area contributed by atoms with Gasteiger partial charge in [0, 0.05) is 18.1 Å². The van der Waals surface area contributed by atoms with Gasteiger partial charge < -0.3 is 15.2 Å². The van der Waals surface area contributed by atoms with E-state index in [9.17, 15) is 9.90 Å². The van der Waals surface area contributed by atoms with E-state index >= 15 is 0 Å². The van der Waals surface area contributed by atoms with Crippen molar-refractivity contribution in [2.45, 2.75) is 45.4 Å². The van der Waals surface area contributed by atoms with Crippen LogP contribution in [-0.4, -0.2) is 44.2 Å². The second-order valence-corrected chi connectivity index (χ2v) is 9.00. The summed E-state index contributed by atoms with van der Waals surface area (Å²) in [6.07, 6.45) is 11.5. The summed E-state index contributed by atoms with van der Waals surface area (Å²) >= 11 is 0. The van der Waals surface area contributed by atoms with Gasteiger partial charge in [-0.25, -0.2) is 9.97 Å². The van der Waals surface area contributed by atoms with Gasteiger partial charge in [0.2, 0.25) is 0 Å². The van der Waals surface area contributed by atoms with Crippen molar-refractivity contribution in [1.29, 1.82) is 0 Å². The number of ether oxygens (including phenoxy) is 1. The van der Waals surface area contributed by atoms with E-state index in [1.54, 1.807) is 30.9 Å². The molecule has 0 amide bonds. The first-order valence-corrected chi connectivity index (χ1v) is 12.4. The molecule has 3 heterocycles. The van der Waals surface area contributed by atoms with Crippen molar-refractivity contribution >= 4 is 22.8 Å². The molecule has 0 saturated heterocycles. The number of imidazole rings is 1. The molecule has 0 aliphatic rings. The quantitative estimate of drug-likeness (QED) is 0.268. The van der Waals surface area contributed by atoms with Crippen LogP contribution in [0.25, 0.3) is 16.7 Å². The number of methoxy groups -OCH3 is 1. The van der Waals surface area contributed by atoms with Gasteiger partial charge in [0.1, 0.15) is 24.1 Å². The van der Waals surface area contributed by atoms with Gasteiger partial charge in [-0.2, -0.15) is 0 Å². The number of fused-ring (bicyclic) bond motifs is 1. The van der Waals surface area contributed by atoms with E-state index in [1.165, 1.54) is 12.7 Å². The van der Waals surface area contributed by atoms with E-state index in [2.05, 4.69) is 28.3 Å². The average Bonchev–Trinajstić information content (AvgIpc) is 3.33. The van der Waals surface area contributed by atoms with Crippen LogP contribution in [0.5, 0.6) is 5.75 Å². The fraction of sp³-hybridized carbons (Fsp3) is 0.357. The number of aromatic nitrogens is 4. The maximum atomic E-state index is 11.8. The van der Waals surface area contributed by atoms with Crippen LogP contribution in [0, 0.1) is 5.92 Å². The number of aromatic hydroxyl groups is 1. The largest absolute Gasteiger partial charge is 0.508 e. The van der Waals surface area contributed by atoms with Crippen molar-refractivity contribution in [3.05, 3.63) is 72.4 Å². The van der Waals surface area contributed by atoms with Gasteiger partial charge in [0.25, 0.3) is 0 Å². The number of carbonyl (C=O) groups excluding carboxylic acids is 1. The van der Waals surface area contributed by atoms with Gasteiger partial charge in [0.05, 0.1) is 18.3 Å². The number of esters is 1. The lowest BCUT2D eigenvalue weighted by atomic mass is 9.90. The van der Waals surface area contributed by atoms with Crippen LogP contribution < -0.4 is 5.32 Å². The molecule has 3 aromatic heterocycles. The topological polar surface area (TPSA) is 102 Å². The molecule has 4 rings (SSSR count). The number of phenols is 1. The average molecular weight is 488 g/mol. The molecule has 0 fully saturated rings. The number of aryl methyl sites for hydroxylation is 1. The van der Waals surface area contributed by atoms with Crippen molar-refractivity contribution in [1.82, 2.24) is 19.5 Å². The number of carbonyl (C=O) groups is 1.